The molecule has 1 saturated heterocycles. The second-order valence-corrected chi connectivity index (χ2v) is 8.20. The van der Waals surface area contributed by atoms with E-state index in [4.69, 9.17) is 46.4 Å². The third kappa shape index (κ3) is 4.28. The molecule has 1 aliphatic rings. The standard InChI is InChI=1S/C18H17Cl4N5/c19-11-6-10(16(22)13(20)7-11)8-23-12-2-1-5-27(9-12)18-24-14-3-4-15(21)25-17(14)26-18/h3-4,6-7,12,23H,1-2,5,8-9H2,(H,24,25,26). The molecule has 27 heavy (non-hydrogen) atoms. The first-order valence-electron chi connectivity index (χ1n) is 8.63. The lowest BCUT2D eigenvalue weighted by Crippen LogP contribution is -2.45. The molecule has 0 bridgehead atoms. The van der Waals surface area contributed by atoms with Gasteiger partial charge in [0.2, 0.25) is 5.95 Å². The van der Waals surface area contributed by atoms with Gasteiger partial charge < -0.3 is 15.2 Å². The smallest absolute Gasteiger partial charge is 0.205 e. The average Bonchev–Trinajstić information content (AvgIpc) is 3.07. The molecule has 1 aromatic carbocycles. The Morgan fingerprint density at radius 1 is 1.15 bits per heavy atom. The molecule has 0 aliphatic carbocycles. The Labute approximate surface area is 177 Å². The summed E-state index contributed by atoms with van der Waals surface area (Å²) in [5, 5.41) is 5.59. The molecule has 2 aromatic heterocycles. The highest BCUT2D eigenvalue weighted by atomic mass is 35.5. The lowest BCUT2D eigenvalue weighted by molar-refractivity contribution is 0.419. The number of imidazole rings is 1. The number of hydrogen-bond acceptors (Lipinski definition) is 4. The van der Waals surface area contributed by atoms with Crippen molar-refractivity contribution in [2.24, 2.45) is 0 Å². The predicted octanol–water partition coefficient (Wildman–Crippen LogP) is 5.33. The summed E-state index contributed by atoms with van der Waals surface area (Å²) in [6.45, 7) is 2.38. The van der Waals surface area contributed by atoms with E-state index in [-0.39, 0.29) is 0 Å². The molecule has 5 nitrogen and oxygen atoms in total. The first-order chi connectivity index (χ1) is 13.0. The number of rotatable bonds is 4. The number of nitrogens with zero attached hydrogens (tertiary/aromatic N) is 3. The molecule has 2 N–H and O–H groups in total. The summed E-state index contributed by atoms with van der Waals surface area (Å²) in [4.78, 5) is 14.4. The normalized spacial score (nSPS) is 17.6. The molecule has 1 atom stereocenters. The van der Waals surface area contributed by atoms with Gasteiger partial charge in [0.1, 0.15) is 5.15 Å². The second-order valence-electron chi connectivity index (χ2n) is 6.59. The van der Waals surface area contributed by atoms with Gasteiger partial charge in [-0.1, -0.05) is 46.4 Å². The maximum atomic E-state index is 6.29. The number of anilines is 1. The van der Waals surface area contributed by atoms with E-state index >= 15 is 0 Å². The van der Waals surface area contributed by atoms with Gasteiger partial charge in [-0.25, -0.2) is 4.98 Å². The predicted molar refractivity (Wildman–Crippen MR) is 112 cm³/mol. The zero-order valence-electron chi connectivity index (χ0n) is 14.3. The van der Waals surface area contributed by atoms with Gasteiger partial charge in [-0.3, -0.25) is 0 Å². The zero-order valence-corrected chi connectivity index (χ0v) is 17.3. The largest absolute Gasteiger partial charge is 0.341 e. The van der Waals surface area contributed by atoms with E-state index in [1.165, 1.54) is 0 Å². The second kappa shape index (κ2) is 8.02. The SMILES string of the molecule is Clc1cc(Cl)c(Cl)c(CNC2CCCN(c3nc4nc(Cl)ccc4[nH]3)C2)c1. The monoisotopic (exact) mass is 443 g/mol. The van der Waals surface area contributed by atoms with Crippen molar-refractivity contribution < 1.29 is 0 Å². The molecule has 1 aliphatic heterocycles. The van der Waals surface area contributed by atoms with Crippen LogP contribution in [-0.4, -0.2) is 34.1 Å². The van der Waals surface area contributed by atoms with Gasteiger partial charge in [-0.2, -0.15) is 4.98 Å². The summed E-state index contributed by atoms with van der Waals surface area (Å²) in [5.74, 6) is 0.815. The fraction of sp³-hybridized carbons (Fsp3) is 0.333. The van der Waals surface area contributed by atoms with Crippen molar-refractivity contribution in [3.05, 3.63) is 50.0 Å². The van der Waals surface area contributed by atoms with E-state index in [0.29, 0.717) is 38.5 Å². The number of pyridine rings is 1. The van der Waals surface area contributed by atoms with Gasteiger partial charge in [0.15, 0.2) is 5.65 Å². The maximum absolute atomic E-state index is 6.29. The van der Waals surface area contributed by atoms with E-state index < -0.39 is 0 Å². The van der Waals surface area contributed by atoms with Crippen molar-refractivity contribution in [3.63, 3.8) is 0 Å². The van der Waals surface area contributed by atoms with Crippen molar-refractivity contribution in [1.29, 1.82) is 0 Å². The summed E-state index contributed by atoms with van der Waals surface area (Å²) < 4.78 is 0. The number of benzene rings is 1. The number of fused-ring (bicyclic) bond motifs is 1. The van der Waals surface area contributed by atoms with Gasteiger partial charge in [0, 0.05) is 30.7 Å². The summed E-state index contributed by atoms with van der Waals surface area (Å²) in [5.41, 5.74) is 2.41. The fourth-order valence-electron chi connectivity index (χ4n) is 3.33. The number of H-pyrrole nitrogens is 1. The van der Waals surface area contributed by atoms with Crippen molar-refractivity contribution in [2.75, 3.05) is 18.0 Å². The Balaban J connectivity index is 1.45. The lowest BCUT2D eigenvalue weighted by Gasteiger charge is -2.33. The fourth-order valence-corrected chi connectivity index (χ4v) is 4.19. The van der Waals surface area contributed by atoms with Gasteiger partial charge >= 0.3 is 0 Å². The van der Waals surface area contributed by atoms with Crippen LogP contribution in [0.15, 0.2) is 24.3 Å². The van der Waals surface area contributed by atoms with Crippen LogP contribution in [0.5, 0.6) is 0 Å². The van der Waals surface area contributed by atoms with Crippen LogP contribution in [0.4, 0.5) is 5.95 Å². The maximum Gasteiger partial charge on any atom is 0.205 e. The number of hydrogen-bond donors (Lipinski definition) is 2. The molecular formula is C18H17Cl4N5. The van der Waals surface area contributed by atoms with Crippen LogP contribution < -0.4 is 10.2 Å². The topological polar surface area (TPSA) is 56.8 Å². The van der Waals surface area contributed by atoms with Gasteiger partial charge in [-0.15, -0.1) is 0 Å². The molecule has 9 heteroatoms. The molecular weight excluding hydrogens is 428 g/mol. The van der Waals surface area contributed by atoms with Crippen LogP contribution >= 0.6 is 46.4 Å². The molecule has 3 aromatic rings. The van der Waals surface area contributed by atoms with Crippen LogP contribution in [0.1, 0.15) is 18.4 Å². The average molecular weight is 445 g/mol. The Bertz CT molecular complexity index is 974. The van der Waals surface area contributed by atoms with E-state index in [1.807, 2.05) is 12.1 Å². The minimum absolute atomic E-state index is 0.303. The van der Waals surface area contributed by atoms with Crippen LogP contribution in [0.3, 0.4) is 0 Å². The van der Waals surface area contributed by atoms with Crippen LogP contribution in [0.25, 0.3) is 11.2 Å². The van der Waals surface area contributed by atoms with Crippen molar-refractivity contribution >= 4 is 63.5 Å². The molecule has 0 radical (unpaired) electrons. The number of piperidine rings is 1. The molecule has 142 valence electrons. The lowest BCUT2D eigenvalue weighted by atomic mass is 10.1. The first kappa shape index (κ1) is 19.1. The molecule has 0 amide bonds. The van der Waals surface area contributed by atoms with Crippen LogP contribution in [-0.2, 0) is 6.54 Å². The summed E-state index contributed by atoms with van der Waals surface area (Å²) in [7, 11) is 0. The zero-order chi connectivity index (χ0) is 19.0. The molecule has 4 rings (SSSR count). The summed E-state index contributed by atoms with van der Waals surface area (Å²) in [6, 6.07) is 7.45. The van der Waals surface area contributed by atoms with Gasteiger partial charge in [0.25, 0.3) is 0 Å². The Hall–Kier alpha value is -1.24. The Morgan fingerprint density at radius 2 is 2.00 bits per heavy atom. The number of halogens is 4. The van der Waals surface area contributed by atoms with Crippen LogP contribution in [0.2, 0.25) is 20.2 Å². The first-order valence-corrected chi connectivity index (χ1v) is 10.1. The van der Waals surface area contributed by atoms with Crippen molar-refractivity contribution in [2.45, 2.75) is 25.4 Å². The summed E-state index contributed by atoms with van der Waals surface area (Å²) in [6.07, 6.45) is 2.14. The van der Waals surface area contributed by atoms with Crippen molar-refractivity contribution in [3.8, 4) is 0 Å². The quantitative estimate of drug-likeness (QED) is 0.421. The Morgan fingerprint density at radius 3 is 2.85 bits per heavy atom. The molecule has 1 fully saturated rings. The minimum Gasteiger partial charge on any atom is -0.341 e. The van der Waals surface area contributed by atoms with E-state index in [1.54, 1.807) is 12.1 Å². The van der Waals surface area contributed by atoms with Crippen LogP contribution in [0, 0.1) is 0 Å². The highest BCUT2D eigenvalue weighted by molar-refractivity contribution is 6.43. The molecule has 0 spiro atoms. The number of aromatic amines is 1. The Kier molecular flexibility index (Phi) is 5.67. The number of nitrogens with one attached hydrogen (secondary N) is 2. The number of aromatic nitrogens is 3. The minimum atomic E-state index is 0.303. The van der Waals surface area contributed by atoms with E-state index in [9.17, 15) is 0 Å². The van der Waals surface area contributed by atoms with Gasteiger partial charge in [-0.05, 0) is 42.7 Å². The highest BCUT2D eigenvalue weighted by Gasteiger charge is 2.22. The highest BCUT2D eigenvalue weighted by Crippen LogP contribution is 2.30. The molecule has 3 heterocycles. The molecule has 1 unspecified atom stereocenters. The third-order valence-corrected chi connectivity index (χ3v) is 5.94. The molecule has 0 saturated carbocycles. The van der Waals surface area contributed by atoms with Crippen molar-refractivity contribution in [1.82, 2.24) is 20.3 Å². The van der Waals surface area contributed by atoms with E-state index in [0.717, 1.165) is 43.0 Å². The van der Waals surface area contributed by atoms with Gasteiger partial charge in [0.05, 0.1) is 15.6 Å². The van der Waals surface area contributed by atoms with E-state index in [2.05, 4.69) is 25.2 Å². The summed E-state index contributed by atoms with van der Waals surface area (Å²) >= 11 is 24.4. The third-order valence-electron chi connectivity index (χ3n) is 4.67.